The third-order valence-corrected chi connectivity index (χ3v) is 4.76. The molecule has 0 saturated carbocycles. The molecule has 158 valence electrons. The summed E-state index contributed by atoms with van der Waals surface area (Å²) in [7, 11) is 3.13. The molecule has 0 aliphatic heterocycles. The minimum atomic E-state index is -0.267. The molecule has 1 amide bonds. The number of aryl methyl sites for hydroxylation is 1. The van der Waals surface area contributed by atoms with Crippen molar-refractivity contribution in [1.29, 1.82) is 0 Å². The molecule has 9 nitrogen and oxygen atoms in total. The minimum absolute atomic E-state index is 0.101. The van der Waals surface area contributed by atoms with Crippen molar-refractivity contribution >= 4 is 17.4 Å². The third kappa shape index (κ3) is 4.11. The lowest BCUT2D eigenvalue weighted by Gasteiger charge is -2.22. The molecular formula is C22H21N5O4. The summed E-state index contributed by atoms with van der Waals surface area (Å²) in [4.78, 5) is 35.9. The fourth-order valence-corrected chi connectivity index (χ4v) is 3.21. The van der Waals surface area contributed by atoms with Crippen molar-refractivity contribution in [3.63, 3.8) is 0 Å². The van der Waals surface area contributed by atoms with Crippen LogP contribution in [0.15, 0.2) is 59.4 Å². The van der Waals surface area contributed by atoms with Gasteiger partial charge in [0, 0.05) is 23.0 Å². The number of fused-ring (bicyclic) bond motifs is 1. The van der Waals surface area contributed by atoms with Crippen molar-refractivity contribution in [2.75, 3.05) is 19.1 Å². The fourth-order valence-electron chi connectivity index (χ4n) is 3.21. The Hall–Kier alpha value is -4.14. The molecule has 4 rings (SSSR count). The lowest BCUT2D eigenvalue weighted by Crippen LogP contribution is -2.31. The number of amides is 1. The summed E-state index contributed by atoms with van der Waals surface area (Å²) in [6.45, 7) is 1.83. The zero-order chi connectivity index (χ0) is 22.0. The SMILES string of the molecule is COc1ccc(N(Cc2nc3nc(C)cc(=O)n3[nH]2)C(=O)c2cccc(OC)c2)cc1. The second-order valence-electron chi connectivity index (χ2n) is 6.86. The highest BCUT2D eigenvalue weighted by molar-refractivity contribution is 6.06. The number of benzene rings is 2. The summed E-state index contributed by atoms with van der Waals surface area (Å²) >= 11 is 0. The van der Waals surface area contributed by atoms with Crippen LogP contribution >= 0.6 is 0 Å². The number of H-pyrrole nitrogens is 1. The van der Waals surface area contributed by atoms with Gasteiger partial charge in [-0.25, -0.2) is 4.98 Å². The second kappa shape index (κ2) is 8.31. The number of rotatable bonds is 6. The van der Waals surface area contributed by atoms with Gasteiger partial charge in [0.25, 0.3) is 17.2 Å². The molecule has 0 saturated heterocycles. The number of carbonyl (C=O) groups is 1. The van der Waals surface area contributed by atoms with Crippen LogP contribution in [0, 0.1) is 6.92 Å². The van der Waals surface area contributed by atoms with Crippen molar-refractivity contribution in [3.05, 3.63) is 82.0 Å². The van der Waals surface area contributed by atoms with Crippen LogP contribution < -0.4 is 19.9 Å². The van der Waals surface area contributed by atoms with Crippen LogP contribution in [-0.2, 0) is 6.54 Å². The number of ether oxygens (including phenoxy) is 2. The summed E-state index contributed by atoms with van der Waals surface area (Å²) in [5.74, 6) is 1.68. The maximum atomic E-state index is 13.4. The predicted octanol–water partition coefficient (Wildman–Crippen LogP) is 2.59. The lowest BCUT2D eigenvalue weighted by molar-refractivity contribution is 0.0984. The van der Waals surface area contributed by atoms with E-state index in [0.29, 0.717) is 34.3 Å². The molecule has 0 aliphatic carbocycles. The molecule has 2 aromatic heterocycles. The van der Waals surface area contributed by atoms with E-state index in [4.69, 9.17) is 9.47 Å². The van der Waals surface area contributed by atoms with E-state index in [9.17, 15) is 9.59 Å². The highest BCUT2D eigenvalue weighted by atomic mass is 16.5. The number of methoxy groups -OCH3 is 2. The number of hydrogen-bond acceptors (Lipinski definition) is 6. The summed E-state index contributed by atoms with van der Waals surface area (Å²) in [5.41, 5.74) is 1.40. The van der Waals surface area contributed by atoms with Gasteiger partial charge in [-0.2, -0.15) is 9.50 Å². The molecule has 0 aliphatic rings. The van der Waals surface area contributed by atoms with E-state index in [2.05, 4.69) is 15.1 Å². The van der Waals surface area contributed by atoms with E-state index in [0.717, 1.165) is 0 Å². The average Bonchev–Trinajstić information content (AvgIpc) is 3.20. The number of anilines is 1. The quantitative estimate of drug-likeness (QED) is 0.515. The summed E-state index contributed by atoms with van der Waals surface area (Å²) in [6, 6.07) is 15.5. The molecule has 0 bridgehead atoms. The molecule has 0 unspecified atom stereocenters. The van der Waals surface area contributed by atoms with Gasteiger partial charge in [-0.05, 0) is 49.4 Å². The highest BCUT2D eigenvalue weighted by Gasteiger charge is 2.21. The van der Waals surface area contributed by atoms with Crippen molar-refractivity contribution in [1.82, 2.24) is 19.6 Å². The predicted molar refractivity (Wildman–Crippen MR) is 115 cm³/mol. The fraction of sp³-hybridized carbons (Fsp3) is 0.182. The Balaban J connectivity index is 1.75. The molecule has 0 fully saturated rings. The monoisotopic (exact) mass is 419 g/mol. The van der Waals surface area contributed by atoms with Gasteiger partial charge in [0.1, 0.15) is 17.3 Å². The average molecular weight is 419 g/mol. The van der Waals surface area contributed by atoms with Crippen LogP contribution in [0.1, 0.15) is 21.9 Å². The summed E-state index contributed by atoms with van der Waals surface area (Å²) in [6.07, 6.45) is 0. The van der Waals surface area contributed by atoms with E-state index in [1.165, 1.54) is 10.6 Å². The first-order valence-electron chi connectivity index (χ1n) is 9.54. The van der Waals surface area contributed by atoms with Crippen LogP contribution in [0.3, 0.4) is 0 Å². The molecule has 0 atom stereocenters. The van der Waals surface area contributed by atoms with Gasteiger partial charge in [0.15, 0.2) is 0 Å². The van der Waals surface area contributed by atoms with Gasteiger partial charge in [-0.1, -0.05) is 6.07 Å². The first kappa shape index (κ1) is 20.1. The van der Waals surface area contributed by atoms with Gasteiger partial charge in [0.05, 0.1) is 20.8 Å². The van der Waals surface area contributed by atoms with Crippen molar-refractivity contribution < 1.29 is 14.3 Å². The smallest absolute Gasteiger partial charge is 0.274 e. The van der Waals surface area contributed by atoms with Gasteiger partial charge >= 0.3 is 0 Å². The molecular weight excluding hydrogens is 398 g/mol. The standard InChI is InChI=1S/C22H21N5O4/c1-14-11-20(28)27-22(23-14)24-19(25-27)13-26(16-7-9-17(30-2)10-8-16)21(29)15-5-4-6-18(12-15)31-3/h4-12H,13H2,1-3H3,(H,23,24,25). The van der Waals surface area contributed by atoms with Crippen LogP contribution in [0.4, 0.5) is 5.69 Å². The number of nitrogens with zero attached hydrogens (tertiary/aromatic N) is 4. The molecule has 4 aromatic rings. The maximum Gasteiger partial charge on any atom is 0.274 e. The maximum absolute atomic E-state index is 13.4. The molecule has 2 aromatic carbocycles. The van der Waals surface area contributed by atoms with E-state index in [1.807, 2.05) is 0 Å². The molecule has 0 spiro atoms. The topological polar surface area (TPSA) is 102 Å². The number of hydrogen-bond donors (Lipinski definition) is 1. The van der Waals surface area contributed by atoms with Gasteiger partial charge < -0.3 is 14.4 Å². The zero-order valence-corrected chi connectivity index (χ0v) is 17.3. The van der Waals surface area contributed by atoms with Crippen molar-refractivity contribution in [2.45, 2.75) is 13.5 Å². The molecule has 2 heterocycles. The number of carbonyl (C=O) groups excluding carboxylic acids is 1. The lowest BCUT2D eigenvalue weighted by atomic mass is 10.1. The van der Waals surface area contributed by atoms with Gasteiger partial charge in [0.2, 0.25) is 0 Å². The van der Waals surface area contributed by atoms with Crippen LogP contribution in [-0.4, -0.2) is 39.7 Å². The highest BCUT2D eigenvalue weighted by Crippen LogP contribution is 2.24. The largest absolute Gasteiger partial charge is 0.497 e. The number of aromatic nitrogens is 4. The van der Waals surface area contributed by atoms with E-state index >= 15 is 0 Å². The Bertz CT molecular complexity index is 1290. The molecule has 9 heteroatoms. The van der Waals surface area contributed by atoms with E-state index < -0.39 is 0 Å². The third-order valence-electron chi connectivity index (χ3n) is 4.76. The first-order valence-corrected chi connectivity index (χ1v) is 9.54. The van der Waals surface area contributed by atoms with Crippen molar-refractivity contribution in [3.8, 4) is 11.5 Å². The molecule has 1 N–H and O–H groups in total. The van der Waals surface area contributed by atoms with E-state index in [1.54, 1.807) is 74.6 Å². The van der Waals surface area contributed by atoms with E-state index in [-0.39, 0.29) is 23.8 Å². The normalized spacial score (nSPS) is 10.8. The number of aromatic amines is 1. The van der Waals surface area contributed by atoms with Crippen molar-refractivity contribution in [2.24, 2.45) is 0 Å². The van der Waals surface area contributed by atoms with Crippen LogP contribution in [0.25, 0.3) is 5.78 Å². The minimum Gasteiger partial charge on any atom is -0.497 e. The summed E-state index contributed by atoms with van der Waals surface area (Å²) in [5, 5.41) is 2.93. The zero-order valence-electron chi connectivity index (χ0n) is 17.3. The Morgan fingerprint density at radius 2 is 1.77 bits per heavy atom. The first-order chi connectivity index (χ1) is 15.0. The van der Waals surface area contributed by atoms with Crippen LogP contribution in [0.5, 0.6) is 11.5 Å². The Morgan fingerprint density at radius 1 is 1.03 bits per heavy atom. The number of nitrogens with one attached hydrogen (secondary N) is 1. The Labute approximate surface area is 177 Å². The van der Waals surface area contributed by atoms with Gasteiger partial charge in [-0.15, -0.1) is 0 Å². The Morgan fingerprint density at radius 3 is 2.48 bits per heavy atom. The second-order valence-corrected chi connectivity index (χ2v) is 6.86. The van der Waals surface area contributed by atoms with Gasteiger partial charge in [-0.3, -0.25) is 14.7 Å². The molecule has 0 radical (unpaired) electrons. The summed E-state index contributed by atoms with van der Waals surface area (Å²) < 4.78 is 11.7. The Kier molecular flexibility index (Phi) is 5.40. The molecule has 31 heavy (non-hydrogen) atoms. The van der Waals surface area contributed by atoms with Crippen LogP contribution in [0.2, 0.25) is 0 Å².